The smallest absolute Gasteiger partial charge is 0.422 e. The number of carbonyl (C=O) groups excluding carboxylic acids is 1. The molecule has 1 aromatic heterocycles. The number of rotatable bonds is 16. The van der Waals surface area contributed by atoms with Crippen molar-refractivity contribution in [3.05, 3.63) is 64.7 Å². The van der Waals surface area contributed by atoms with Crippen LogP contribution in [0.25, 0.3) is 0 Å². The fourth-order valence-corrected chi connectivity index (χ4v) is 5.23. The number of sulfonamides is 1. The largest absolute Gasteiger partial charge is 0.454 e. The second kappa shape index (κ2) is 14.4. The van der Waals surface area contributed by atoms with Crippen LogP contribution in [-0.4, -0.2) is 60.9 Å². The molecule has 0 unspecified atom stereocenters. The first-order chi connectivity index (χ1) is 20.9. The quantitative estimate of drug-likeness (QED) is 0.153. The fraction of sp³-hybridized carbons (Fsp3) is 0.429. The van der Waals surface area contributed by atoms with Gasteiger partial charge in [-0.2, -0.15) is 28.1 Å². The number of alkyl halides is 3. The Bertz CT molecular complexity index is 1520. The number of hydrogen-bond acceptors (Lipinski definition) is 10. The van der Waals surface area contributed by atoms with Gasteiger partial charge in [-0.25, -0.2) is 13.1 Å². The van der Waals surface area contributed by atoms with E-state index in [1.54, 1.807) is 12.1 Å². The van der Waals surface area contributed by atoms with Crippen molar-refractivity contribution in [3.63, 3.8) is 0 Å². The maximum Gasteiger partial charge on any atom is 0.422 e. The SMILES string of the molecule is CCCCCNCCS(=O)(=O)NC(=O)c1ccc(Nc2nc(NC3(c4ccc(Cl)cc4)CC3)nc(OCC(F)(F)F)n2)cc1. The first-order valence-corrected chi connectivity index (χ1v) is 16.0. The number of ether oxygens (including phenoxy) is 1. The van der Waals surface area contributed by atoms with Crippen LogP contribution in [0.15, 0.2) is 48.5 Å². The normalized spacial score (nSPS) is 14.1. The number of hydrogen-bond donors (Lipinski definition) is 4. The van der Waals surface area contributed by atoms with Crippen molar-refractivity contribution in [1.29, 1.82) is 0 Å². The fourth-order valence-electron chi connectivity index (χ4n) is 4.19. The van der Waals surface area contributed by atoms with Crippen LogP contribution in [0.4, 0.5) is 30.8 Å². The Kier molecular flexibility index (Phi) is 10.9. The standard InChI is InChI=1S/C28H33ClF3N7O4S/c1-2-3-4-15-33-16-17-44(41,42)39-23(40)19-5-11-22(12-6-19)34-24-35-25(37-26(36-24)43-18-28(30,31)32)38-27(13-14-27)20-7-9-21(29)10-8-20/h5-12,33H,2-4,13-18H2,1H3,(H,39,40)(H2,34,35,36,37,38). The summed E-state index contributed by atoms with van der Waals surface area (Å²) in [5.74, 6) is -1.17. The third-order valence-corrected chi connectivity index (χ3v) is 8.12. The molecule has 4 rings (SSSR count). The molecule has 44 heavy (non-hydrogen) atoms. The summed E-state index contributed by atoms with van der Waals surface area (Å²) >= 11 is 6.00. The summed E-state index contributed by atoms with van der Waals surface area (Å²) in [6, 6.07) is 12.3. The molecule has 1 heterocycles. The summed E-state index contributed by atoms with van der Waals surface area (Å²) in [6.45, 7) is 1.39. The number of benzene rings is 2. The lowest BCUT2D eigenvalue weighted by molar-refractivity contribution is -0.154. The van der Waals surface area contributed by atoms with E-state index in [1.807, 2.05) is 16.9 Å². The summed E-state index contributed by atoms with van der Waals surface area (Å²) in [5, 5.41) is 9.64. The Morgan fingerprint density at radius 3 is 2.30 bits per heavy atom. The van der Waals surface area contributed by atoms with Crippen LogP contribution in [0, 0.1) is 0 Å². The molecule has 1 saturated carbocycles. The van der Waals surface area contributed by atoms with Gasteiger partial charge < -0.3 is 20.7 Å². The van der Waals surface area contributed by atoms with Gasteiger partial charge in [0.1, 0.15) is 0 Å². The minimum Gasteiger partial charge on any atom is -0.454 e. The summed E-state index contributed by atoms with van der Waals surface area (Å²) in [7, 11) is -3.85. The van der Waals surface area contributed by atoms with Crippen LogP contribution in [0.5, 0.6) is 6.01 Å². The van der Waals surface area contributed by atoms with Gasteiger partial charge in [-0.1, -0.05) is 43.5 Å². The molecular formula is C28H33ClF3N7O4S. The maximum atomic E-state index is 12.8. The number of unbranched alkanes of at least 4 members (excludes halogenated alkanes) is 2. The third kappa shape index (κ3) is 10.2. The van der Waals surface area contributed by atoms with Crippen LogP contribution >= 0.6 is 11.6 Å². The van der Waals surface area contributed by atoms with Gasteiger partial charge in [-0.15, -0.1) is 0 Å². The molecule has 1 fully saturated rings. The molecule has 2 aromatic carbocycles. The number of halogens is 4. The van der Waals surface area contributed by atoms with Crippen molar-refractivity contribution in [2.45, 2.75) is 50.7 Å². The molecule has 0 atom stereocenters. The molecule has 0 spiro atoms. The Morgan fingerprint density at radius 1 is 0.977 bits per heavy atom. The predicted molar refractivity (Wildman–Crippen MR) is 161 cm³/mol. The molecule has 1 aliphatic rings. The van der Waals surface area contributed by atoms with Gasteiger partial charge in [-0.05, 0) is 67.8 Å². The van der Waals surface area contributed by atoms with E-state index in [4.69, 9.17) is 16.3 Å². The van der Waals surface area contributed by atoms with Crippen LogP contribution in [-0.2, 0) is 15.6 Å². The molecule has 16 heteroatoms. The highest BCUT2D eigenvalue weighted by Gasteiger charge is 2.45. The number of carbonyl (C=O) groups is 1. The third-order valence-electron chi connectivity index (χ3n) is 6.63. The van der Waals surface area contributed by atoms with Gasteiger partial charge in [0, 0.05) is 22.8 Å². The number of anilines is 3. The average Bonchev–Trinajstić information content (AvgIpc) is 3.74. The highest BCUT2D eigenvalue weighted by molar-refractivity contribution is 7.90. The zero-order valence-corrected chi connectivity index (χ0v) is 25.4. The predicted octanol–water partition coefficient (Wildman–Crippen LogP) is 5.15. The van der Waals surface area contributed by atoms with Crippen LogP contribution in [0.2, 0.25) is 5.02 Å². The molecule has 11 nitrogen and oxygen atoms in total. The number of aromatic nitrogens is 3. The first-order valence-electron chi connectivity index (χ1n) is 14.0. The highest BCUT2D eigenvalue weighted by Crippen LogP contribution is 2.48. The second-order valence-corrected chi connectivity index (χ2v) is 12.6. The average molecular weight is 656 g/mol. The zero-order chi connectivity index (χ0) is 31.8. The van der Waals surface area contributed by atoms with E-state index in [-0.39, 0.29) is 29.8 Å². The van der Waals surface area contributed by atoms with Crippen molar-refractivity contribution < 1.29 is 31.1 Å². The van der Waals surface area contributed by atoms with Gasteiger partial charge in [0.05, 0.1) is 11.3 Å². The maximum absolute atomic E-state index is 12.8. The monoisotopic (exact) mass is 655 g/mol. The van der Waals surface area contributed by atoms with E-state index in [1.165, 1.54) is 24.3 Å². The van der Waals surface area contributed by atoms with Gasteiger partial charge in [0.25, 0.3) is 5.91 Å². The van der Waals surface area contributed by atoms with E-state index in [0.717, 1.165) is 37.7 Å². The van der Waals surface area contributed by atoms with E-state index >= 15 is 0 Å². The van der Waals surface area contributed by atoms with Gasteiger partial charge in [0.2, 0.25) is 21.9 Å². The number of amides is 1. The van der Waals surface area contributed by atoms with Crippen molar-refractivity contribution in [3.8, 4) is 6.01 Å². The van der Waals surface area contributed by atoms with Gasteiger partial charge >= 0.3 is 12.2 Å². The molecule has 0 radical (unpaired) electrons. The molecular weight excluding hydrogens is 623 g/mol. The minimum absolute atomic E-state index is 0.00631. The molecule has 1 aliphatic carbocycles. The van der Waals surface area contributed by atoms with E-state index in [0.29, 0.717) is 17.3 Å². The van der Waals surface area contributed by atoms with E-state index < -0.39 is 40.3 Å². The van der Waals surface area contributed by atoms with Crippen LogP contribution in [0.3, 0.4) is 0 Å². The topological polar surface area (TPSA) is 147 Å². The van der Waals surface area contributed by atoms with E-state index in [9.17, 15) is 26.4 Å². The molecule has 1 amide bonds. The minimum atomic E-state index is -4.61. The Morgan fingerprint density at radius 2 is 1.66 bits per heavy atom. The van der Waals surface area contributed by atoms with Crippen LogP contribution < -0.4 is 25.4 Å². The number of nitrogens with one attached hydrogen (secondary N) is 4. The highest BCUT2D eigenvalue weighted by atomic mass is 35.5. The van der Waals surface area contributed by atoms with Gasteiger partial charge in [0.15, 0.2) is 6.61 Å². The summed E-state index contributed by atoms with van der Waals surface area (Å²) in [4.78, 5) is 24.8. The zero-order valence-electron chi connectivity index (χ0n) is 23.9. The van der Waals surface area contributed by atoms with Crippen molar-refractivity contribution >= 4 is 45.1 Å². The number of nitrogens with zero attached hydrogens (tertiary/aromatic N) is 3. The van der Waals surface area contributed by atoms with Crippen molar-refractivity contribution in [2.24, 2.45) is 0 Å². The van der Waals surface area contributed by atoms with Crippen molar-refractivity contribution in [2.75, 3.05) is 36.1 Å². The molecule has 0 bridgehead atoms. The lowest BCUT2D eigenvalue weighted by atomic mass is 10.1. The van der Waals surface area contributed by atoms with Gasteiger partial charge in [-0.3, -0.25) is 4.79 Å². The lowest BCUT2D eigenvalue weighted by Crippen LogP contribution is -2.36. The molecule has 3 aromatic rings. The molecule has 0 saturated heterocycles. The molecule has 238 valence electrons. The Balaban J connectivity index is 1.43. The summed E-state index contributed by atoms with van der Waals surface area (Å²) in [6.07, 6.45) is -0.0965. The van der Waals surface area contributed by atoms with Crippen molar-refractivity contribution in [1.82, 2.24) is 25.0 Å². The lowest BCUT2D eigenvalue weighted by Gasteiger charge is -2.19. The van der Waals surface area contributed by atoms with E-state index in [2.05, 4.69) is 37.8 Å². The Hall–Kier alpha value is -3.69. The first kappa shape index (κ1) is 33.2. The second-order valence-electron chi connectivity index (χ2n) is 10.3. The summed E-state index contributed by atoms with van der Waals surface area (Å²) in [5.41, 5.74) is 0.846. The molecule has 0 aliphatic heterocycles. The Labute approximate surface area is 258 Å². The molecule has 4 N–H and O–H groups in total. The van der Waals surface area contributed by atoms with Crippen LogP contribution in [0.1, 0.15) is 54.9 Å². The summed E-state index contributed by atoms with van der Waals surface area (Å²) < 4.78 is 69.9.